The maximum Gasteiger partial charge on any atom is 0.164 e. The molecule has 3 heterocycles. The van der Waals surface area contributed by atoms with Crippen LogP contribution in [-0.2, 0) is 0 Å². The highest BCUT2D eigenvalue weighted by Gasteiger charge is 2.18. The molecule has 0 unspecified atom stereocenters. The minimum Gasteiger partial charge on any atom is -0.456 e. The molecule has 3 aromatic heterocycles. The third-order valence-corrected chi connectivity index (χ3v) is 9.43. The molecule has 0 saturated carbocycles. The number of hydrogen-bond donors (Lipinski definition) is 0. The Morgan fingerprint density at radius 3 is 1.62 bits per heavy atom. The maximum absolute atomic E-state index is 6.65. The van der Waals surface area contributed by atoms with Crippen LogP contribution in [0.1, 0.15) is 0 Å². The summed E-state index contributed by atoms with van der Waals surface area (Å²) in [7, 11) is 0. The summed E-state index contributed by atoms with van der Waals surface area (Å²) >= 11 is 0. The van der Waals surface area contributed by atoms with Gasteiger partial charge >= 0.3 is 0 Å². The van der Waals surface area contributed by atoms with Crippen molar-refractivity contribution >= 4 is 43.7 Å². The van der Waals surface area contributed by atoms with Crippen LogP contribution in [0.2, 0.25) is 0 Å². The molecule has 0 spiro atoms. The monoisotopic (exact) mass is 640 g/mol. The van der Waals surface area contributed by atoms with E-state index in [1.165, 1.54) is 21.9 Å². The van der Waals surface area contributed by atoms with E-state index in [9.17, 15) is 0 Å². The van der Waals surface area contributed by atoms with Crippen LogP contribution >= 0.6 is 0 Å². The minimum atomic E-state index is 0.598. The van der Waals surface area contributed by atoms with Gasteiger partial charge in [-0.15, -0.1) is 0 Å². The zero-order chi connectivity index (χ0) is 33.0. The first-order valence-corrected chi connectivity index (χ1v) is 16.7. The molecular formula is C45H28N4O. The fourth-order valence-electron chi connectivity index (χ4n) is 7.05. The van der Waals surface area contributed by atoms with Crippen molar-refractivity contribution in [3.8, 4) is 51.0 Å². The molecule has 0 fully saturated rings. The lowest BCUT2D eigenvalue weighted by molar-refractivity contribution is 0.669. The lowest BCUT2D eigenvalue weighted by Crippen LogP contribution is -2.00. The van der Waals surface area contributed by atoms with Gasteiger partial charge in [-0.2, -0.15) is 0 Å². The van der Waals surface area contributed by atoms with E-state index in [1.807, 2.05) is 66.7 Å². The number of hydrogen-bond acceptors (Lipinski definition) is 4. The lowest BCUT2D eigenvalue weighted by atomic mass is 10.1. The Labute approximate surface area is 287 Å². The topological polar surface area (TPSA) is 56.7 Å². The van der Waals surface area contributed by atoms with Crippen LogP contribution in [0, 0.1) is 0 Å². The first-order valence-electron chi connectivity index (χ1n) is 16.7. The molecule has 0 radical (unpaired) electrons. The zero-order valence-electron chi connectivity index (χ0n) is 26.9. The van der Waals surface area contributed by atoms with Gasteiger partial charge in [0.1, 0.15) is 11.2 Å². The SMILES string of the molecule is c1ccc(-c2cccc(-n3c4ccccc4c4cc5c(cc43)oc3cc(-c4nc(-c6ccccc6)nc(-c6ccccc6)n4)ccc35)c2)cc1. The Balaban J connectivity index is 1.14. The summed E-state index contributed by atoms with van der Waals surface area (Å²) in [5.41, 5.74) is 10.1. The fraction of sp³-hybridized carbons (Fsp3) is 0. The molecule has 0 aliphatic heterocycles. The molecule has 0 N–H and O–H groups in total. The third-order valence-electron chi connectivity index (χ3n) is 9.43. The standard InChI is InChI=1S/C45H28N4O/c1-4-13-29(14-5-1)32-19-12-20-34(25-32)49-39-22-11-10-21-35(39)37-27-38-36-24-23-33(26-41(36)50-42(38)28-40(37)49)45-47-43(30-15-6-2-7-16-30)46-44(48-45)31-17-8-3-9-18-31/h1-28H. The number of aromatic nitrogens is 4. The van der Waals surface area contributed by atoms with E-state index in [1.54, 1.807) is 0 Å². The number of para-hydroxylation sites is 1. The second-order valence-corrected chi connectivity index (χ2v) is 12.5. The summed E-state index contributed by atoms with van der Waals surface area (Å²) in [6.07, 6.45) is 0. The van der Waals surface area contributed by atoms with E-state index in [4.69, 9.17) is 19.4 Å². The van der Waals surface area contributed by atoms with Gasteiger partial charge in [-0.3, -0.25) is 0 Å². The average Bonchev–Trinajstić information content (AvgIpc) is 3.72. The number of fused-ring (bicyclic) bond motifs is 6. The van der Waals surface area contributed by atoms with Gasteiger partial charge < -0.3 is 8.98 Å². The van der Waals surface area contributed by atoms with Crippen molar-refractivity contribution in [1.29, 1.82) is 0 Å². The highest BCUT2D eigenvalue weighted by Crippen LogP contribution is 2.39. The van der Waals surface area contributed by atoms with Gasteiger partial charge in [0, 0.05) is 50.0 Å². The summed E-state index contributed by atoms with van der Waals surface area (Å²) in [5, 5.41) is 4.51. The second-order valence-electron chi connectivity index (χ2n) is 12.5. The van der Waals surface area contributed by atoms with Gasteiger partial charge in [-0.1, -0.05) is 127 Å². The molecule has 7 aromatic carbocycles. The predicted molar refractivity (Wildman–Crippen MR) is 203 cm³/mol. The van der Waals surface area contributed by atoms with Crippen molar-refractivity contribution in [3.63, 3.8) is 0 Å². The molecule has 10 rings (SSSR count). The van der Waals surface area contributed by atoms with Crippen molar-refractivity contribution in [2.24, 2.45) is 0 Å². The molecule has 234 valence electrons. The molecule has 0 amide bonds. The van der Waals surface area contributed by atoms with Gasteiger partial charge in [0.2, 0.25) is 0 Å². The Morgan fingerprint density at radius 2 is 0.920 bits per heavy atom. The first-order chi connectivity index (χ1) is 24.8. The number of furan rings is 1. The molecule has 0 bridgehead atoms. The average molecular weight is 641 g/mol. The maximum atomic E-state index is 6.65. The molecule has 50 heavy (non-hydrogen) atoms. The van der Waals surface area contributed by atoms with Crippen LogP contribution in [-0.4, -0.2) is 19.5 Å². The van der Waals surface area contributed by atoms with Crippen molar-refractivity contribution in [2.75, 3.05) is 0 Å². The van der Waals surface area contributed by atoms with E-state index in [-0.39, 0.29) is 0 Å². The van der Waals surface area contributed by atoms with Gasteiger partial charge in [0.25, 0.3) is 0 Å². The third kappa shape index (κ3) is 4.67. The normalized spacial score (nSPS) is 11.6. The van der Waals surface area contributed by atoms with Crippen molar-refractivity contribution in [3.05, 3.63) is 170 Å². The van der Waals surface area contributed by atoms with E-state index in [0.717, 1.165) is 55.3 Å². The highest BCUT2D eigenvalue weighted by atomic mass is 16.3. The molecule has 5 heteroatoms. The Hall–Kier alpha value is -6.85. The van der Waals surface area contributed by atoms with E-state index >= 15 is 0 Å². The highest BCUT2D eigenvalue weighted by molar-refractivity contribution is 6.17. The van der Waals surface area contributed by atoms with Crippen LogP contribution in [0.3, 0.4) is 0 Å². The quantitative estimate of drug-likeness (QED) is 0.188. The summed E-state index contributed by atoms with van der Waals surface area (Å²) in [4.78, 5) is 14.7. The summed E-state index contributed by atoms with van der Waals surface area (Å²) in [6.45, 7) is 0. The smallest absolute Gasteiger partial charge is 0.164 e. The van der Waals surface area contributed by atoms with E-state index in [2.05, 4.69) is 108 Å². The van der Waals surface area contributed by atoms with Gasteiger partial charge in [0.15, 0.2) is 17.5 Å². The number of rotatable bonds is 5. The van der Waals surface area contributed by atoms with Crippen molar-refractivity contribution in [2.45, 2.75) is 0 Å². The molecule has 0 saturated heterocycles. The second kappa shape index (κ2) is 11.4. The first kappa shape index (κ1) is 28.2. The molecule has 10 aromatic rings. The molecule has 5 nitrogen and oxygen atoms in total. The fourth-order valence-corrected chi connectivity index (χ4v) is 7.05. The number of nitrogens with zero attached hydrogens (tertiary/aromatic N) is 4. The van der Waals surface area contributed by atoms with Crippen LogP contribution < -0.4 is 0 Å². The predicted octanol–water partition coefficient (Wildman–Crippen LogP) is 11.5. The molecule has 0 aliphatic rings. The minimum absolute atomic E-state index is 0.598. The van der Waals surface area contributed by atoms with Crippen molar-refractivity contribution in [1.82, 2.24) is 19.5 Å². The number of benzene rings is 7. The van der Waals surface area contributed by atoms with Crippen molar-refractivity contribution < 1.29 is 4.42 Å². The molecular weight excluding hydrogens is 613 g/mol. The Bertz CT molecular complexity index is 2800. The Kier molecular flexibility index (Phi) is 6.42. The molecule has 0 atom stereocenters. The van der Waals surface area contributed by atoms with Crippen LogP contribution in [0.15, 0.2) is 174 Å². The van der Waals surface area contributed by atoms with E-state index < -0.39 is 0 Å². The van der Waals surface area contributed by atoms with Gasteiger partial charge in [-0.25, -0.2) is 15.0 Å². The zero-order valence-corrected chi connectivity index (χ0v) is 26.9. The lowest BCUT2D eigenvalue weighted by Gasteiger charge is -2.10. The summed E-state index contributed by atoms with van der Waals surface area (Å²) in [5.74, 6) is 1.86. The van der Waals surface area contributed by atoms with E-state index in [0.29, 0.717) is 17.5 Å². The summed E-state index contributed by atoms with van der Waals surface area (Å²) in [6, 6.07) is 58.7. The van der Waals surface area contributed by atoms with Crippen LogP contribution in [0.25, 0.3) is 94.7 Å². The van der Waals surface area contributed by atoms with Gasteiger partial charge in [0.05, 0.1) is 11.0 Å². The summed E-state index contributed by atoms with van der Waals surface area (Å²) < 4.78 is 8.99. The van der Waals surface area contributed by atoms with Crippen LogP contribution in [0.5, 0.6) is 0 Å². The van der Waals surface area contributed by atoms with Crippen LogP contribution in [0.4, 0.5) is 0 Å². The van der Waals surface area contributed by atoms with Gasteiger partial charge in [-0.05, 0) is 47.5 Å². The Morgan fingerprint density at radius 1 is 0.340 bits per heavy atom. The molecule has 0 aliphatic carbocycles. The largest absolute Gasteiger partial charge is 0.456 e.